The second kappa shape index (κ2) is 9.31. The number of hydrogen-bond acceptors (Lipinski definition) is 6. The number of hydrogen-bond donors (Lipinski definition) is 1. The summed E-state index contributed by atoms with van der Waals surface area (Å²) in [5.41, 5.74) is 0.789. The van der Waals surface area contributed by atoms with E-state index >= 15 is 0 Å². The first-order chi connectivity index (χ1) is 14.4. The molecule has 154 valence electrons. The number of aliphatic imine (C=N–C) groups is 1. The first-order valence-corrected chi connectivity index (χ1v) is 9.73. The molecule has 1 aliphatic heterocycles. The van der Waals surface area contributed by atoms with Gasteiger partial charge >= 0.3 is 0 Å². The molecule has 0 saturated carbocycles. The molecular weight excluding hydrogens is 411 g/mol. The standard InChI is InChI=1S/C20H17FN4O4S/c1-2-11-24-19(27)17(30-20(24)23-15-5-3-13(21)4-6-15)12-18(26)22-14-7-9-16(10-8-14)25(28)29/h2-10,17H,1,11-12H2,(H,22,26). The predicted molar refractivity (Wildman–Crippen MR) is 113 cm³/mol. The Morgan fingerprint density at radius 1 is 1.27 bits per heavy atom. The van der Waals surface area contributed by atoms with Crippen LogP contribution in [-0.2, 0) is 9.59 Å². The number of benzene rings is 2. The number of thioether (sulfide) groups is 1. The van der Waals surface area contributed by atoms with E-state index in [0.717, 1.165) is 11.8 Å². The molecule has 1 fully saturated rings. The van der Waals surface area contributed by atoms with Gasteiger partial charge in [0.1, 0.15) is 11.1 Å². The van der Waals surface area contributed by atoms with E-state index < -0.39 is 21.9 Å². The summed E-state index contributed by atoms with van der Waals surface area (Å²) >= 11 is 1.15. The molecule has 0 spiro atoms. The molecule has 0 aliphatic carbocycles. The van der Waals surface area contributed by atoms with Crippen molar-refractivity contribution in [2.24, 2.45) is 4.99 Å². The third-order valence-electron chi connectivity index (χ3n) is 4.12. The van der Waals surface area contributed by atoms with E-state index in [9.17, 15) is 24.1 Å². The van der Waals surface area contributed by atoms with Crippen LogP contribution in [0.25, 0.3) is 0 Å². The van der Waals surface area contributed by atoms with E-state index in [1.807, 2.05) is 0 Å². The molecule has 10 heteroatoms. The van der Waals surface area contributed by atoms with Crippen LogP contribution < -0.4 is 5.32 Å². The SMILES string of the molecule is C=CCN1C(=O)C(CC(=O)Nc2ccc([N+](=O)[O-])cc2)SC1=Nc1ccc(F)cc1. The van der Waals surface area contributed by atoms with Gasteiger partial charge in [-0.15, -0.1) is 6.58 Å². The minimum absolute atomic E-state index is 0.0868. The summed E-state index contributed by atoms with van der Waals surface area (Å²) in [4.78, 5) is 41.1. The van der Waals surface area contributed by atoms with E-state index in [1.165, 1.54) is 53.4 Å². The quantitative estimate of drug-likeness (QED) is 0.409. The maximum atomic E-state index is 13.1. The van der Waals surface area contributed by atoms with Crippen molar-refractivity contribution in [3.05, 3.63) is 77.1 Å². The number of non-ortho nitro benzene ring substituents is 1. The lowest BCUT2D eigenvalue weighted by Gasteiger charge is -2.13. The number of rotatable bonds is 7. The monoisotopic (exact) mass is 428 g/mol. The van der Waals surface area contributed by atoms with Crippen LogP contribution in [0.1, 0.15) is 6.42 Å². The van der Waals surface area contributed by atoms with Crippen molar-refractivity contribution in [3.8, 4) is 0 Å². The van der Waals surface area contributed by atoms with Crippen LogP contribution in [0, 0.1) is 15.9 Å². The third-order valence-corrected chi connectivity index (χ3v) is 5.29. The third kappa shape index (κ3) is 5.09. The first kappa shape index (κ1) is 21.2. The van der Waals surface area contributed by atoms with Crippen molar-refractivity contribution >= 4 is 45.8 Å². The van der Waals surface area contributed by atoms with E-state index in [0.29, 0.717) is 16.5 Å². The fraction of sp³-hybridized carbons (Fsp3) is 0.150. The van der Waals surface area contributed by atoms with Crippen LogP contribution in [0.15, 0.2) is 66.2 Å². The fourth-order valence-corrected chi connectivity index (χ4v) is 3.86. The zero-order valence-corrected chi connectivity index (χ0v) is 16.5. The molecule has 1 N–H and O–H groups in total. The molecule has 30 heavy (non-hydrogen) atoms. The van der Waals surface area contributed by atoms with Crippen LogP contribution in [0.2, 0.25) is 0 Å². The molecule has 2 aromatic rings. The fourth-order valence-electron chi connectivity index (χ4n) is 2.70. The molecule has 1 aliphatic rings. The van der Waals surface area contributed by atoms with E-state index in [2.05, 4.69) is 16.9 Å². The van der Waals surface area contributed by atoms with Gasteiger partial charge in [-0.25, -0.2) is 9.38 Å². The Morgan fingerprint density at radius 2 is 1.93 bits per heavy atom. The van der Waals surface area contributed by atoms with Gasteiger partial charge in [0, 0.05) is 30.8 Å². The Balaban J connectivity index is 1.70. The summed E-state index contributed by atoms with van der Waals surface area (Å²) in [7, 11) is 0. The topological polar surface area (TPSA) is 105 Å². The van der Waals surface area contributed by atoms with E-state index in [-0.39, 0.29) is 24.6 Å². The number of nitro benzene ring substituents is 1. The highest BCUT2D eigenvalue weighted by atomic mass is 32.2. The van der Waals surface area contributed by atoms with Crippen molar-refractivity contribution in [1.82, 2.24) is 4.90 Å². The Hall–Kier alpha value is -3.53. The summed E-state index contributed by atoms with van der Waals surface area (Å²) in [5, 5.41) is 13.0. The molecule has 2 aromatic carbocycles. The van der Waals surface area contributed by atoms with Gasteiger partial charge in [0.15, 0.2) is 5.17 Å². The number of carbonyl (C=O) groups is 2. The molecule has 0 aromatic heterocycles. The van der Waals surface area contributed by atoms with Crippen molar-refractivity contribution in [2.75, 3.05) is 11.9 Å². The van der Waals surface area contributed by atoms with Crippen LogP contribution in [0.4, 0.5) is 21.5 Å². The molecule has 1 atom stereocenters. The van der Waals surface area contributed by atoms with Crippen molar-refractivity contribution in [1.29, 1.82) is 0 Å². The number of carbonyl (C=O) groups excluding carboxylic acids is 2. The highest BCUT2D eigenvalue weighted by Gasteiger charge is 2.38. The summed E-state index contributed by atoms with van der Waals surface area (Å²) < 4.78 is 13.1. The van der Waals surface area contributed by atoms with Gasteiger partial charge in [0.25, 0.3) is 5.69 Å². The Kier molecular flexibility index (Phi) is 6.58. The zero-order chi connectivity index (χ0) is 21.7. The summed E-state index contributed by atoms with van der Waals surface area (Å²) in [6.45, 7) is 3.87. The Bertz CT molecular complexity index is 1010. The largest absolute Gasteiger partial charge is 0.326 e. The molecule has 3 rings (SSSR count). The number of nitro groups is 1. The second-order valence-electron chi connectivity index (χ2n) is 6.27. The van der Waals surface area contributed by atoms with Gasteiger partial charge < -0.3 is 5.32 Å². The zero-order valence-electron chi connectivity index (χ0n) is 15.7. The molecule has 8 nitrogen and oxygen atoms in total. The van der Waals surface area contributed by atoms with Gasteiger partial charge in [-0.05, 0) is 36.4 Å². The number of nitrogens with zero attached hydrogens (tertiary/aromatic N) is 3. The van der Waals surface area contributed by atoms with Gasteiger partial charge in [-0.2, -0.15) is 0 Å². The average molecular weight is 428 g/mol. The lowest BCUT2D eigenvalue weighted by atomic mass is 10.2. The second-order valence-corrected chi connectivity index (χ2v) is 7.44. The van der Waals surface area contributed by atoms with Crippen molar-refractivity contribution < 1.29 is 18.9 Å². The van der Waals surface area contributed by atoms with Gasteiger partial charge in [-0.3, -0.25) is 24.6 Å². The number of amidine groups is 1. The van der Waals surface area contributed by atoms with Gasteiger partial charge in [0.05, 0.1) is 10.6 Å². The molecule has 0 bridgehead atoms. The maximum absolute atomic E-state index is 13.1. The maximum Gasteiger partial charge on any atom is 0.269 e. The lowest BCUT2D eigenvalue weighted by molar-refractivity contribution is -0.384. The summed E-state index contributed by atoms with van der Waals surface area (Å²) in [6, 6.07) is 10.9. The minimum atomic E-state index is -0.679. The molecule has 0 radical (unpaired) electrons. The molecular formula is C20H17FN4O4S. The Morgan fingerprint density at radius 3 is 2.53 bits per heavy atom. The van der Waals surface area contributed by atoms with Crippen LogP contribution >= 0.6 is 11.8 Å². The van der Waals surface area contributed by atoms with Crippen LogP contribution in [0.5, 0.6) is 0 Å². The average Bonchev–Trinajstić information content (AvgIpc) is 2.99. The summed E-state index contributed by atoms with van der Waals surface area (Å²) in [6.07, 6.45) is 1.45. The minimum Gasteiger partial charge on any atom is -0.326 e. The van der Waals surface area contributed by atoms with Gasteiger partial charge in [-0.1, -0.05) is 17.8 Å². The molecule has 1 unspecified atom stereocenters. The molecule has 1 heterocycles. The number of anilines is 1. The van der Waals surface area contributed by atoms with Crippen molar-refractivity contribution in [2.45, 2.75) is 11.7 Å². The smallest absolute Gasteiger partial charge is 0.269 e. The highest BCUT2D eigenvalue weighted by Crippen LogP contribution is 2.32. The van der Waals surface area contributed by atoms with E-state index in [4.69, 9.17) is 0 Å². The Labute approximate surface area is 175 Å². The summed E-state index contributed by atoms with van der Waals surface area (Å²) in [5.74, 6) is -1.08. The lowest BCUT2D eigenvalue weighted by Crippen LogP contribution is -2.33. The molecule has 1 saturated heterocycles. The number of nitrogens with one attached hydrogen (secondary N) is 1. The van der Waals surface area contributed by atoms with Crippen LogP contribution in [0.3, 0.4) is 0 Å². The number of amides is 2. The van der Waals surface area contributed by atoms with Crippen LogP contribution in [-0.4, -0.2) is 38.6 Å². The van der Waals surface area contributed by atoms with Gasteiger partial charge in [0.2, 0.25) is 11.8 Å². The predicted octanol–water partition coefficient (Wildman–Crippen LogP) is 3.88. The molecule has 2 amide bonds. The highest BCUT2D eigenvalue weighted by molar-refractivity contribution is 8.15. The normalized spacial score (nSPS) is 17.2. The first-order valence-electron chi connectivity index (χ1n) is 8.85. The number of halogens is 1. The van der Waals surface area contributed by atoms with Crippen molar-refractivity contribution in [3.63, 3.8) is 0 Å². The van der Waals surface area contributed by atoms with E-state index in [1.54, 1.807) is 6.08 Å².